The molecule has 1 aromatic heterocycles. The van der Waals surface area contributed by atoms with Gasteiger partial charge in [-0.2, -0.15) is 8.42 Å². The average Bonchev–Trinajstić information content (AvgIpc) is 2.96. The topological polar surface area (TPSA) is 104 Å². The first-order valence-electron chi connectivity index (χ1n) is 7.12. The van der Waals surface area contributed by atoms with E-state index in [1.54, 1.807) is 12.1 Å². The predicted octanol–water partition coefficient (Wildman–Crippen LogP) is 2.71. The Balaban J connectivity index is 1.92. The van der Waals surface area contributed by atoms with Gasteiger partial charge in [0.05, 0.1) is 15.5 Å². The van der Waals surface area contributed by atoms with E-state index in [4.69, 9.17) is 22.1 Å². The number of anilines is 1. The van der Waals surface area contributed by atoms with Crippen molar-refractivity contribution >= 4 is 33.4 Å². The fourth-order valence-corrected chi connectivity index (χ4v) is 3.55. The van der Waals surface area contributed by atoms with E-state index in [2.05, 4.69) is 5.10 Å². The van der Waals surface area contributed by atoms with Crippen LogP contribution in [0.4, 0.5) is 10.2 Å². The SMILES string of the molecule is Nc1cc(OC(=O)c2ccccc2Cl)nn1S(=O)(=O)c1cccc(F)c1. The van der Waals surface area contributed by atoms with Crippen molar-refractivity contribution in [2.45, 2.75) is 4.90 Å². The Morgan fingerprint density at radius 1 is 1.15 bits per heavy atom. The number of carbonyl (C=O) groups excluding carboxylic acids is 1. The standard InChI is InChI=1S/C16H11ClFN3O4S/c17-13-7-2-1-6-12(13)16(22)25-15-9-14(19)21(20-15)26(23,24)11-5-3-4-10(18)8-11/h1-9H,19H2. The molecule has 0 saturated carbocycles. The molecule has 3 rings (SSSR count). The number of esters is 1. The van der Waals surface area contributed by atoms with E-state index in [-0.39, 0.29) is 27.2 Å². The zero-order valence-electron chi connectivity index (χ0n) is 13.0. The summed E-state index contributed by atoms with van der Waals surface area (Å²) in [5, 5.41) is 3.84. The van der Waals surface area contributed by atoms with Crippen LogP contribution in [0.25, 0.3) is 0 Å². The van der Waals surface area contributed by atoms with Gasteiger partial charge < -0.3 is 10.5 Å². The summed E-state index contributed by atoms with van der Waals surface area (Å²) < 4.78 is 43.8. The van der Waals surface area contributed by atoms with Crippen molar-refractivity contribution in [3.05, 3.63) is 71.0 Å². The van der Waals surface area contributed by atoms with Gasteiger partial charge in [-0.05, 0) is 30.3 Å². The minimum Gasteiger partial charge on any atom is -0.402 e. The van der Waals surface area contributed by atoms with Crippen molar-refractivity contribution in [1.29, 1.82) is 0 Å². The Labute approximate surface area is 152 Å². The third kappa shape index (κ3) is 3.39. The minimum absolute atomic E-state index is 0.0790. The maximum atomic E-state index is 13.3. The van der Waals surface area contributed by atoms with Gasteiger partial charge in [0.15, 0.2) is 0 Å². The van der Waals surface area contributed by atoms with Crippen molar-refractivity contribution in [2.75, 3.05) is 5.73 Å². The molecule has 26 heavy (non-hydrogen) atoms. The van der Waals surface area contributed by atoms with Gasteiger partial charge in [-0.25, -0.2) is 9.18 Å². The van der Waals surface area contributed by atoms with E-state index in [9.17, 15) is 17.6 Å². The van der Waals surface area contributed by atoms with E-state index in [1.807, 2.05) is 0 Å². The number of benzene rings is 2. The van der Waals surface area contributed by atoms with E-state index in [1.165, 1.54) is 24.3 Å². The lowest BCUT2D eigenvalue weighted by Crippen LogP contribution is -2.17. The van der Waals surface area contributed by atoms with E-state index < -0.39 is 21.8 Å². The molecule has 0 bridgehead atoms. The smallest absolute Gasteiger partial charge is 0.346 e. The largest absolute Gasteiger partial charge is 0.402 e. The minimum atomic E-state index is -4.26. The normalized spacial score (nSPS) is 11.3. The Hall–Kier alpha value is -2.91. The highest BCUT2D eigenvalue weighted by molar-refractivity contribution is 7.90. The van der Waals surface area contributed by atoms with Crippen molar-refractivity contribution in [3.8, 4) is 5.88 Å². The molecule has 0 aliphatic rings. The molecular weight excluding hydrogens is 385 g/mol. The van der Waals surface area contributed by atoms with Gasteiger partial charge in [0, 0.05) is 6.07 Å². The molecule has 10 heteroatoms. The third-order valence-corrected chi connectivity index (χ3v) is 5.22. The van der Waals surface area contributed by atoms with Gasteiger partial charge in [-0.3, -0.25) is 0 Å². The van der Waals surface area contributed by atoms with Crippen molar-refractivity contribution in [2.24, 2.45) is 0 Å². The monoisotopic (exact) mass is 395 g/mol. The number of nitrogens with two attached hydrogens (primary N) is 1. The van der Waals surface area contributed by atoms with E-state index >= 15 is 0 Å². The molecule has 0 saturated heterocycles. The Bertz CT molecular complexity index is 1100. The predicted molar refractivity (Wildman–Crippen MR) is 92.0 cm³/mol. The van der Waals surface area contributed by atoms with Crippen LogP contribution in [0.2, 0.25) is 5.02 Å². The van der Waals surface area contributed by atoms with Gasteiger partial charge in [-0.15, -0.1) is 9.19 Å². The number of hydrogen-bond donors (Lipinski definition) is 1. The number of ether oxygens (including phenoxy) is 1. The second-order valence-corrected chi connectivity index (χ2v) is 7.26. The molecule has 134 valence electrons. The van der Waals surface area contributed by atoms with Gasteiger partial charge in [0.25, 0.3) is 10.0 Å². The number of aromatic nitrogens is 2. The first kappa shape index (κ1) is 17.9. The van der Waals surface area contributed by atoms with Crippen LogP contribution in [-0.2, 0) is 10.0 Å². The van der Waals surface area contributed by atoms with Crippen LogP contribution in [0.5, 0.6) is 5.88 Å². The maximum absolute atomic E-state index is 13.3. The van der Waals surface area contributed by atoms with Gasteiger partial charge >= 0.3 is 5.97 Å². The van der Waals surface area contributed by atoms with Crippen LogP contribution in [-0.4, -0.2) is 23.6 Å². The molecule has 1 heterocycles. The van der Waals surface area contributed by atoms with Crippen LogP contribution in [0.1, 0.15) is 10.4 Å². The summed E-state index contributed by atoms with van der Waals surface area (Å²) in [6.45, 7) is 0. The third-order valence-electron chi connectivity index (χ3n) is 3.29. The fraction of sp³-hybridized carbons (Fsp3) is 0. The highest BCUT2D eigenvalue weighted by Gasteiger charge is 2.24. The second-order valence-electron chi connectivity index (χ2n) is 5.08. The van der Waals surface area contributed by atoms with E-state index in [0.717, 1.165) is 18.2 Å². The number of rotatable bonds is 4. The zero-order chi connectivity index (χ0) is 18.9. The Morgan fingerprint density at radius 2 is 1.88 bits per heavy atom. The summed E-state index contributed by atoms with van der Waals surface area (Å²) in [5.74, 6) is -2.21. The number of halogens is 2. The molecule has 0 amide bonds. The van der Waals surface area contributed by atoms with Gasteiger partial charge in [0.1, 0.15) is 11.6 Å². The molecule has 0 atom stereocenters. The summed E-state index contributed by atoms with van der Waals surface area (Å²) in [6.07, 6.45) is 0. The van der Waals surface area contributed by atoms with Gasteiger partial charge in [0.2, 0.25) is 5.88 Å². The summed E-state index contributed by atoms with van der Waals surface area (Å²) >= 11 is 5.91. The first-order chi connectivity index (χ1) is 12.3. The lowest BCUT2D eigenvalue weighted by molar-refractivity contribution is 0.0727. The van der Waals surface area contributed by atoms with Crippen molar-refractivity contribution < 1.29 is 22.3 Å². The number of nitrogen functional groups attached to an aromatic ring is 1. The average molecular weight is 396 g/mol. The maximum Gasteiger partial charge on any atom is 0.346 e. The van der Waals surface area contributed by atoms with Crippen LogP contribution < -0.4 is 10.5 Å². The highest BCUT2D eigenvalue weighted by atomic mass is 35.5. The molecule has 3 aromatic rings. The van der Waals surface area contributed by atoms with Crippen LogP contribution >= 0.6 is 11.6 Å². The number of nitrogens with zero attached hydrogens (tertiary/aromatic N) is 2. The lowest BCUT2D eigenvalue weighted by atomic mass is 10.2. The molecule has 0 aliphatic carbocycles. The molecule has 7 nitrogen and oxygen atoms in total. The van der Waals surface area contributed by atoms with Crippen LogP contribution in [0, 0.1) is 5.82 Å². The molecule has 0 fully saturated rings. The van der Waals surface area contributed by atoms with Gasteiger partial charge in [-0.1, -0.05) is 29.8 Å². The summed E-state index contributed by atoms with van der Waals surface area (Å²) in [7, 11) is -4.26. The Morgan fingerprint density at radius 3 is 2.58 bits per heavy atom. The summed E-state index contributed by atoms with van der Waals surface area (Å²) in [6, 6.07) is 11.6. The van der Waals surface area contributed by atoms with Crippen molar-refractivity contribution in [3.63, 3.8) is 0 Å². The lowest BCUT2D eigenvalue weighted by Gasteiger charge is -2.06. The Kier molecular flexibility index (Phi) is 4.66. The highest BCUT2D eigenvalue weighted by Crippen LogP contribution is 2.23. The summed E-state index contributed by atoms with van der Waals surface area (Å²) in [4.78, 5) is 11.8. The van der Waals surface area contributed by atoms with Crippen LogP contribution in [0.15, 0.2) is 59.5 Å². The quantitative estimate of drug-likeness (QED) is 0.681. The van der Waals surface area contributed by atoms with Crippen molar-refractivity contribution in [1.82, 2.24) is 9.19 Å². The molecule has 2 aromatic carbocycles. The first-order valence-corrected chi connectivity index (χ1v) is 8.94. The molecule has 2 N–H and O–H groups in total. The molecule has 0 unspecified atom stereocenters. The summed E-state index contributed by atoms with van der Waals surface area (Å²) in [5.41, 5.74) is 5.74. The zero-order valence-corrected chi connectivity index (χ0v) is 14.5. The van der Waals surface area contributed by atoms with E-state index in [0.29, 0.717) is 4.09 Å². The fourth-order valence-electron chi connectivity index (χ4n) is 2.10. The van der Waals surface area contributed by atoms with Crippen LogP contribution in [0.3, 0.4) is 0 Å². The molecule has 0 radical (unpaired) electrons. The number of hydrogen-bond acceptors (Lipinski definition) is 6. The molecular formula is C16H11ClFN3O4S. The second kappa shape index (κ2) is 6.77. The molecule has 0 aliphatic heterocycles. The number of carbonyl (C=O) groups is 1. The molecule has 0 spiro atoms.